The average Bonchev–Trinajstić information content (AvgIpc) is 3.13. The van der Waals surface area contributed by atoms with E-state index in [0.717, 1.165) is 63.4 Å². The van der Waals surface area contributed by atoms with E-state index in [4.69, 9.17) is 4.99 Å². The van der Waals surface area contributed by atoms with Gasteiger partial charge in [-0.3, -0.25) is 4.99 Å². The molecule has 0 aromatic heterocycles. The Morgan fingerprint density at radius 2 is 1.96 bits per heavy atom. The van der Waals surface area contributed by atoms with Crippen LogP contribution in [0.2, 0.25) is 0 Å². The smallest absolute Gasteiger partial charge is 0.191 e. The van der Waals surface area contributed by atoms with Crippen LogP contribution in [0.5, 0.6) is 0 Å². The second-order valence-corrected chi connectivity index (χ2v) is 7.57. The normalized spacial score (nSPS) is 26.3. The van der Waals surface area contributed by atoms with Crippen molar-refractivity contribution >= 4 is 11.6 Å². The molecule has 2 aliphatic rings. The van der Waals surface area contributed by atoms with Crippen molar-refractivity contribution in [2.75, 3.05) is 31.1 Å². The molecule has 1 aromatic carbocycles. The van der Waals surface area contributed by atoms with E-state index in [0.29, 0.717) is 18.5 Å². The summed E-state index contributed by atoms with van der Waals surface area (Å²) in [6.45, 7) is 5.17. The third kappa shape index (κ3) is 5.54. The molecular weight excluding hydrogens is 350 g/mol. The first-order chi connectivity index (χ1) is 13.0. The lowest BCUT2D eigenvalue weighted by Gasteiger charge is -2.27. The minimum Gasteiger partial charge on any atom is -0.393 e. The van der Waals surface area contributed by atoms with Gasteiger partial charge in [0.2, 0.25) is 0 Å². The molecule has 2 fully saturated rings. The molecule has 1 aromatic rings. The standard InChI is InChI=1S/C20H30F2N4O/c1-2-23-20(25-15-3-6-17(27)7-4-15)24-12-14-9-10-26(13-14)16-5-8-18(21)19(22)11-16/h5,8,11,14-15,17,27H,2-4,6-7,9-10,12-13H2,1H3,(H2,23,24,25). The minimum absolute atomic E-state index is 0.164. The Balaban J connectivity index is 1.52. The van der Waals surface area contributed by atoms with Gasteiger partial charge in [-0.15, -0.1) is 0 Å². The van der Waals surface area contributed by atoms with Crippen LogP contribution in [0.25, 0.3) is 0 Å². The van der Waals surface area contributed by atoms with Crippen molar-refractivity contribution in [1.82, 2.24) is 10.6 Å². The first-order valence-electron chi connectivity index (χ1n) is 9.98. The van der Waals surface area contributed by atoms with Crippen LogP contribution >= 0.6 is 0 Å². The van der Waals surface area contributed by atoms with Crippen LogP contribution in [-0.2, 0) is 0 Å². The molecule has 0 bridgehead atoms. The highest BCUT2D eigenvalue weighted by molar-refractivity contribution is 5.80. The second-order valence-electron chi connectivity index (χ2n) is 7.57. The van der Waals surface area contributed by atoms with Gasteiger partial charge in [-0.2, -0.15) is 0 Å². The van der Waals surface area contributed by atoms with E-state index in [-0.39, 0.29) is 6.10 Å². The summed E-state index contributed by atoms with van der Waals surface area (Å²) in [7, 11) is 0. The van der Waals surface area contributed by atoms with E-state index >= 15 is 0 Å². The highest BCUT2D eigenvalue weighted by Crippen LogP contribution is 2.25. The number of aliphatic imine (C=N–C) groups is 1. The maximum atomic E-state index is 13.5. The summed E-state index contributed by atoms with van der Waals surface area (Å²) in [5.74, 6) is -0.396. The largest absolute Gasteiger partial charge is 0.393 e. The van der Waals surface area contributed by atoms with Gasteiger partial charge < -0.3 is 20.6 Å². The van der Waals surface area contributed by atoms with Crippen LogP contribution in [0.1, 0.15) is 39.0 Å². The molecule has 0 radical (unpaired) electrons. The Morgan fingerprint density at radius 1 is 1.19 bits per heavy atom. The highest BCUT2D eigenvalue weighted by Gasteiger charge is 2.24. The van der Waals surface area contributed by atoms with Crippen molar-refractivity contribution in [2.24, 2.45) is 10.9 Å². The van der Waals surface area contributed by atoms with Crippen LogP contribution in [0.4, 0.5) is 14.5 Å². The number of hydrogen-bond acceptors (Lipinski definition) is 3. The number of nitrogens with one attached hydrogen (secondary N) is 2. The zero-order valence-corrected chi connectivity index (χ0v) is 15.9. The van der Waals surface area contributed by atoms with Crippen LogP contribution in [0.15, 0.2) is 23.2 Å². The molecule has 27 heavy (non-hydrogen) atoms. The van der Waals surface area contributed by atoms with Crippen LogP contribution < -0.4 is 15.5 Å². The Morgan fingerprint density at radius 3 is 2.67 bits per heavy atom. The summed E-state index contributed by atoms with van der Waals surface area (Å²) >= 11 is 0. The Kier molecular flexibility index (Phi) is 6.88. The molecule has 0 amide bonds. The third-order valence-corrected chi connectivity index (χ3v) is 5.44. The Bertz CT molecular complexity index is 647. The number of rotatable bonds is 5. The van der Waals surface area contributed by atoms with Crippen LogP contribution in [-0.4, -0.2) is 49.4 Å². The summed E-state index contributed by atoms with van der Waals surface area (Å²) in [5, 5.41) is 16.4. The third-order valence-electron chi connectivity index (χ3n) is 5.44. The average molecular weight is 380 g/mol. The van der Waals surface area contributed by atoms with Gasteiger partial charge in [0.25, 0.3) is 0 Å². The topological polar surface area (TPSA) is 59.9 Å². The molecule has 1 unspecified atom stereocenters. The first-order valence-corrected chi connectivity index (χ1v) is 9.98. The molecule has 1 aliphatic heterocycles. The second kappa shape index (κ2) is 9.35. The molecule has 3 N–H and O–H groups in total. The van der Waals surface area contributed by atoms with Crippen molar-refractivity contribution < 1.29 is 13.9 Å². The van der Waals surface area contributed by atoms with E-state index in [1.165, 1.54) is 12.1 Å². The number of aliphatic hydroxyl groups is 1. The summed E-state index contributed by atoms with van der Waals surface area (Å²) in [4.78, 5) is 6.83. The van der Waals surface area contributed by atoms with E-state index in [9.17, 15) is 13.9 Å². The van der Waals surface area contributed by atoms with Gasteiger partial charge in [0.15, 0.2) is 17.6 Å². The Labute approximate surface area is 159 Å². The van der Waals surface area contributed by atoms with Gasteiger partial charge in [0.1, 0.15) is 0 Å². The van der Waals surface area contributed by atoms with E-state index < -0.39 is 11.6 Å². The predicted molar refractivity (Wildman–Crippen MR) is 104 cm³/mol. The quantitative estimate of drug-likeness (QED) is 0.543. The molecule has 3 rings (SSSR count). The minimum atomic E-state index is -0.810. The fraction of sp³-hybridized carbons (Fsp3) is 0.650. The maximum Gasteiger partial charge on any atom is 0.191 e. The molecule has 7 heteroatoms. The molecule has 1 aliphatic carbocycles. The van der Waals surface area contributed by atoms with Crippen molar-refractivity contribution in [3.8, 4) is 0 Å². The molecular formula is C20H30F2N4O. The van der Waals surface area contributed by atoms with E-state index in [2.05, 4.69) is 15.5 Å². The van der Waals surface area contributed by atoms with E-state index in [1.807, 2.05) is 6.92 Å². The number of nitrogens with zero attached hydrogens (tertiary/aromatic N) is 2. The van der Waals surface area contributed by atoms with Crippen molar-refractivity contribution in [2.45, 2.75) is 51.2 Å². The van der Waals surface area contributed by atoms with Gasteiger partial charge in [-0.05, 0) is 57.1 Å². The molecule has 1 saturated heterocycles. The zero-order valence-electron chi connectivity index (χ0n) is 15.9. The maximum absolute atomic E-state index is 13.5. The predicted octanol–water partition coefficient (Wildman–Crippen LogP) is 2.65. The van der Waals surface area contributed by atoms with Crippen molar-refractivity contribution in [1.29, 1.82) is 0 Å². The lowest BCUT2D eigenvalue weighted by molar-refractivity contribution is 0.120. The van der Waals surface area contributed by atoms with Gasteiger partial charge in [-0.25, -0.2) is 8.78 Å². The van der Waals surface area contributed by atoms with Crippen LogP contribution in [0, 0.1) is 17.6 Å². The summed E-state index contributed by atoms with van der Waals surface area (Å²) < 4.78 is 26.6. The lowest BCUT2D eigenvalue weighted by Crippen LogP contribution is -2.45. The molecule has 150 valence electrons. The first kappa shape index (κ1) is 19.9. The molecule has 5 nitrogen and oxygen atoms in total. The van der Waals surface area contributed by atoms with Gasteiger partial charge in [0, 0.05) is 44.0 Å². The number of halogens is 2. The van der Waals surface area contributed by atoms with Gasteiger partial charge in [0.05, 0.1) is 6.10 Å². The highest BCUT2D eigenvalue weighted by atomic mass is 19.2. The molecule has 1 atom stereocenters. The number of aliphatic hydroxyl groups excluding tert-OH is 1. The summed E-state index contributed by atoms with van der Waals surface area (Å²) in [6.07, 6.45) is 4.41. The number of hydrogen-bond donors (Lipinski definition) is 3. The van der Waals surface area contributed by atoms with Gasteiger partial charge >= 0.3 is 0 Å². The van der Waals surface area contributed by atoms with E-state index in [1.54, 1.807) is 6.07 Å². The fourth-order valence-corrected chi connectivity index (χ4v) is 3.85. The zero-order chi connectivity index (χ0) is 19.2. The monoisotopic (exact) mass is 380 g/mol. The lowest BCUT2D eigenvalue weighted by atomic mass is 9.93. The summed E-state index contributed by atoms with van der Waals surface area (Å²) in [5.41, 5.74) is 0.728. The van der Waals surface area contributed by atoms with Crippen molar-refractivity contribution in [3.63, 3.8) is 0 Å². The SMILES string of the molecule is CCNC(=NCC1CCN(c2ccc(F)c(F)c2)C1)NC1CCC(O)CC1. The molecule has 1 saturated carbocycles. The van der Waals surface area contributed by atoms with Crippen molar-refractivity contribution in [3.05, 3.63) is 29.8 Å². The van der Waals surface area contributed by atoms with Crippen LogP contribution in [0.3, 0.4) is 0 Å². The molecule has 1 heterocycles. The van der Waals surface area contributed by atoms with Gasteiger partial charge in [-0.1, -0.05) is 0 Å². The fourth-order valence-electron chi connectivity index (χ4n) is 3.85. The summed E-state index contributed by atoms with van der Waals surface area (Å²) in [6, 6.07) is 4.44. The number of guanidine groups is 1. The number of anilines is 1. The number of benzene rings is 1. The molecule has 0 spiro atoms. The Hall–Kier alpha value is -1.89.